The van der Waals surface area contributed by atoms with Crippen LogP contribution >= 0.6 is 0 Å². The van der Waals surface area contributed by atoms with Crippen LogP contribution in [0, 0.1) is 11.2 Å². The minimum Gasteiger partial charge on any atom is -0.494 e. The van der Waals surface area contributed by atoms with E-state index in [1.807, 2.05) is 13.8 Å². The fourth-order valence-electron chi connectivity index (χ4n) is 3.99. The Bertz CT molecular complexity index is 724. The number of hydrogen-bond acceptors (Lipinski definition) is 4. The van der Waals surface area contributed by atoms with Crippen molar-refractivity contribution in [3.05, 3.63) is 29.6 Å². The molecule has 6 nitrogen and oxygen atoms in total. The molecule has 27 heavy (non-hydrogen) atoms. The Morgan fingerprint density at radius 3 is 2.89 bits per heavy atom. The Hall–Kier alpha value is -2.15. The summed E-state index contributed by atoms with van der Waals surface area (Å²) in [5.74, 6) is -0.493. The molecule has 2 aliphatic rings. The van der Waals surface area contributed by atoms with Crippen molar-refractivity contribution in [3.63, 3.8) is 0 Å². The number of ether oxygens (including phenoxy) is 2. The number of methoxy groups -OCH3 is 1. The number of piperidine rings is 1. The summed E-state index contributed by atoms with van der Waals surface area (Å²) >= 11 is 0. The molecule has 0 saturated carbocycles. The summed E-state index contributed by atoms with van der Waals surface area (Å²) in [6.45, 7) is 5.25. The summed E-state index contributed by atoms with van der Waals surface area (Å²) in [6, 6.07) is 4.56. The van der Waals surface area contributed by atoms with Crippen molar-refractivity contribution < 1.29 is 23.5 Å². The van der Waals surface area contributed by atoms with Crippen molar-refractivity contribution in [2.24, 2.45) is 5.41 Å². The van der Waals surface area contributed by atoms with Gasteiger partial charge in [-0.25, -0.2) is 4.39 Å². The average Bonchev–Trinajstić information content (AvgIpc) is 3.05. The molecule has 1 N–H and O–H groups in total. The van der Waals surface area contributed by atoms with Crippen LogP contribution in [0.4, 0.5) is 4.39 Å². The highest BCUT2D eigenvalue weighted by atomic mass is 19.1. The molecule has 2 amide bonds. The largest absolute Gasteiger partial charge is 0.494 e. The smallest absolute Gasteiger partial charge is 0.230 e. The maximum Gasteiger partial charge on any atom is 0.230 e. The molecule has 2 heterocycles. The molecule has 0 spiro atoms. The maximum atomic E-state index is 13.9. The Morgan fingerprint density at radius 2 is 2.22 bits per heavy atom. The topological polar surface area (TPSA) is 67.9 Å². The SMILES string of the molecule is COc1ccc(CC(=O)N2CC[C@H]3OCC[C@@]3(C(=O)NC(C)C)C2)cc1F. The number of nitrogens with zero attached hydrogens (tertiary/aromatic N) is 1. The summed E-state index contributed by atoms with van der Waals surface area (Å²) in [5.41, 5.74) is -0.104. The van der Waals surface area contributed by atoms with Gasteiger partial charge in [0.1, 0.15) is 0 Å². The van der Waals surface area contributed by atoms with E-state index in [-0.39, 0.29) is 36.1 Å². The number of nitrogens with one attached hydrogen (secondary N) is 1. The molecule has 0 unspecified atom stereocenters. The lowest BCUT2D eigenvalue weighted by atomic mass is 9.75. The third-order valence-corrected chi connectivity index (χ3v) is 5.41. The van der Waals surface area contributed by atoms with Crippen LogP contribution in [0.3, 0.4) is 0 Å². The van der Waals surface area contributed by atoms with Gasteiger partial charge in [0.05, 0.1) is 25.0 Å². The molecule has 2 aliphatic heterocycles. The second-order valence-electron chi connectivity index (χ2n) is 7.64. The first-order valence-electron chi connectivity index (χ1n) is 9.38. The number of fused-ring (bicyclic) bond motifs is 1. The molecular formula is C20H27FN2O4. The second-order valence-corrected chi connectivity index (χ2v) is 7.64. The first-order valence-corrected chi connectivity index (χ1v) is 9.38. The van der Waals surface area contributed by atoms with Gasteiger partial charge < -0.3 is 19.7 Å². The van der Waals surface area contributed by atoms with Crippen LogP contribution in [0.1, 0.15) is 32.3 Å². The maximum absolute atomic E-state index is 13.9. The molecule has 1 aromatic rings. The lowest BCUT2D eigenvalue weighted by Crippen LogP contribution is -2.59. The van der Waals surface area contributed by atoms with Crippen LogP contribution < -0.4 is 10.1 Å². The number of benzene rings is 1. The molecule has 0 aliphatic carbocycles. The van der Waals surface area contributed by atoms with Crippen molar-refractivity contribution >= 4 is 11.8 Å². The number of hydrogen-bond donors (Lipinski definition) is 1. The zero-order valence-corrected chi connectivity index (χ0v) is 16.1. The van der Waals surface area contributed by atoms with Crippen molar-refractivity contribution in [1.29, 1.82) is 0 Å². The van der Waals surface area contributed by atoms with Crippen LogP contribution in [-0.2, 0) is 20.7 Å². The van der Waals surface area contributed by atoms with Crippen LogP contribution in [0.15, 0.2) is 18.2 Å². The first-order chi connectivity index (χ1) is 12.9. The number of amides is 2. The molecule has 0 aromatic heterocycles. The molecule has 1 aromatic carbocycles. The van der Waals surface area contributed by atoms with Gasteiger partial charge in [-0.3, -0.25) is 9.59 Å². The Kier molecular flexibility index (Phi) is 5.69. The quantitative estimate of drug-likeness (QED) is 0.850. The molecule has 0 bridgehead atoms. The predicted octanol–water partition coefficient (Wildman–Crippen LogP) is 1.91. The lowest BCUT2D eigenvalue weighted by Gasteiger charge is -2.42. The number of carbonyl (C=O) groups is 2. The fourth-order valence-corrected chi connectivity index (χ4v) is 3.99. The molecule has 148 valence electrons. The van der Waals surface area contributed by atoms with Gasteiger partial charge >= 0.3 is 0 Å². The van der Waals surface area contributed by atoms with E-state index in [9.17, 15) is 14.0 Å². The molecule has 2 saturated heterocycles. The fraction of sp³-hybridized carbons (Fsp3) is 0.600. The van der Waals surface area contributed by atoms with E-state index in [1.165, 1.54) is 19.2 Å². The number of carbonyl (C=O) groups excluding carboxylic acids is 2. The molecule has 2 atom stereocenters. The van der Waals surface area contributed by atoms with E-state index in [2.05, 4.69) is 5.32 Å². The molecule has 7 heteroatoms. The monoisotopic (exact) mass is 378 g/mol. The van der Waals surface area contributed by atoms with Crippen molar-refractivity contribution in [3.8, 4) is 5.75 Å². The van der Waals surface area contributed by atoms with Crippen molar-refractivity contribution in [2.45, 2.75) is 45.3 Å². The van der Waals surface area contributed by atoms with E-state index < -0.39 is 11.2 Å². The molecular weight excluding hydrogens is 351 g/mol. The highest BCUT2D eigenvalue weighted by Gasteiger charge is 2.53. The van der Waals surface area contributed by atoms with Crippen molar-refractivity contribution in [2.75, 3.05) is 26.8 Å². The Labute approximate surface area is 159 Å². The van der Waals surface area contributed by atoms with Crippen LogP contribution in [-0.4, -0.2) is 55.7 Å². The van der Waals surface area contributed by atoms with E-state index in [4.69, 9.17) is 9.47 Å². The zero-order valence-electron chi connectivity index (χ0n) is 16.1. The minimum atomic E-state index is -0.691. The summed E-state index contributed by atoms with van der Waals surface area (Å²) < 4.78 is 24.6. The highest BCUT2D eigenvalue weighted by Crippen LogP contribution is 2.41. The Morgan fingerprint density at radius 1 is 1.44 bits per heavy atom. The van der Waals surface area contributed by atoms with Gasteiger partial charge in [-0.15, -0.1) is 0 Å². The zero-order chi connectivity index (χ0) is 19.6. The molecule has 2 fully saturated rings. The van der Waals surface area contributed by atoms with Gasteiger partial charge in [0, 0.05) is 25.7 Å². The van der Waals surface area contributed by atoms with E-state index in [1.54, 1.807) is 11.0 Å². The second kappa shape index (κ2) is 7.84. The summed E-state index contributed by atoms with van der Waals surface area (Å²) in [5, 5.41) is 2.98. The van der Waals surface area contributed by atoms with Crippen molar-refractivity contribution in [1.82, 2.24) is 10.2 Å². The Balaban J connectivity index is 1.72. The van der Waals surface area contributed by atoms with Gasteiger partial charge in [-0.05, 0) is 44.4 Å². The third-order valence-electron chi connectivity index (χ3n) is 5.41. The molecule has 3 rings (SSSR count). The summed E-state index contributed by atoms with van der Waals surface area (Å²) in [4.78, 5) is 27.4. The average molecular weight is 378 g/mol. The van der Waals surface area contributed by atoms with Gasteiger partial charge in [-0.1, -0.05) is 6.07 Å². The third kappa shape index (κ3) is 3.93. The lowest BCUT2D eigenvalue weighted by molar-refractivity contribution is -0.146. The summed E-state index contributed by atoms with van der Waals surface area (Å²) in [6.07, 6.45) is 1.18. The van der Waals surface area contributed by atoms with Crippen LogP contribution in [0.25, 0.3) is 0 Å². The van der Waals surface area contributed by atoms with Gasteiger partial charge in [0.15, 0.2) is 11.6 Å². The number of rotatable bonds is 5. The highest BCUT2D eigenvalue weighted by molar-refractivity contribution is 5.86. The summed E-state index contributed by atoms with van der Waals surface area (Å²) in [7, 11) is 1.40. The van der Waals surface area contributed by atoms with Crippen LogP contribution in [0.2, 0.25) is 0 Å². The first kappa shape index (κ1) is 19.6. The number of likely N-dealkylation sites (tertiary alicyclic amines) is 1. The number of halogens is 1. The molecule has 0 radical (unpaired) electrons. The van der Waals surface area contributed by atoms with E-state index in [0.717, 1.165) is 0 Å². The normalized spacial score (nSPS) is 24.6. The van der Waals surface area contributed by atoms with Gasteiger partial charge in [-0.2, -0.15) is 0 Å². The predicted molar refractivity (Wildman–Crippen MR) is 97.9 cm³/mol. The van der Waals surface area contributed by atoms with Crippen LogP contribution in [0.5, 0.6) is 5.75 Å². The van der Waals surface area contributed by atoms with Gasteiger partial charge in [0.2, 0.25) is 11.8 Å². The van der Waals surface area contributed by atoms with E-state index in [0.29, 0.717) is 38.1 Å². The standard InChI is InChI=1S/C20H27FN2O4/c1-13(2)22-19(25)20-7-9-27-17(20)6-8-23(12-20)18(24)11-14-4-5-16(26-3)15(21)10-14/h4-5,10,13,17H,6-9,11-12H2,1-3H3,(H,22,25)/t17-,20-/m1/s1. The minimum absolute atomic E-state index is 0.0291. The van der Waals surface area contributed by atoms with Gasteiger partial charge in [0.25, 0.3) is 0 Å². The van der Waals surface area contributed by atoms with E-state index >= 15 is 0 Å².